The number of hydrogen-bond donors (Lipinski definition) is 2. The minimum absolute atomic E-state index is 0.0628. The molecule has 160 valence electrons. The molecule has 0 aliphatic heterocycles. The molecular weight excluding hydrogens is 437 g/mol. The number of aromatic nitrogens is 4. The molecule has 3 aromatic rings. The second kappa shape index (κ2) is 8.30. The summed E-state index contributed by atoms with van der Waals surface area (Å²) in [6.07, 6.45) is -4.12. The molecule has 0 saturated heterocycles. The van der Waals surface area contributed by atoms with E-state index in [4.69, 9.17) is 10.00 Å². The summed E-state index contributed by atoms with van der Waals surface area (Å²) in [5.41, 5.74) is -2.29. The van der Waals surface area contributed by atoms with Gasteiger partial charge >= 0.3 is 6.18 Å². The molecule has 2 N–H and O–H groups in total. The first-order chi connectivity index (χ1) is 14.6. The Morgan fingerprint density at radius 2 is 1.74 bits per heavy atom. The maximum Gasteiger partial charge on any atom is 0.416 e. The fraction of sp³-hybridized carbons (Fsp3) is 0.0588. The number of alkyl halides is 3. The Labute approximate surface area is 167 Å². The van der Waals surface area contributed by atoms with Crippen molar-refractivity contribution in [3.05, 3.63) is 65.1 Å². The topological polar surface area (TPSA) is 99.5 Å². The average molecular weight is 444 g/mol. The van der Waals surface area contributed by atoms with Gasteiger partial charge in [0.2, 0.25) is 11.6 Å². The summed E-state index contributed by atoms with van der Waals surface area (Å²) in [6, 6.07) is 3.10. The summed E-state index contributed by atoms with van der Waals surface area (Å²) in [4.78, 5) is 0. The zero-order chi connectivity index (χ0) is 22.8. The Kier molecular flexibility index (Phi) is 5.77. The lowest BCUT2D eigenvalue weighted by molar-refractivity contribution is -0.138. The predicted molar refractivity (Wildman–Crippen MR) is 89.2 cm³/mol. The zero-order valence-electron chi connectivity index (χ0n) is 14.7. The second-order valence-corrected chi connectivity index (χ2v) is 5.66. The van der Waals surface area contributed by atoms with Crippen LogP contribution >= 0.6 is 0 Å². The molecule has 0 bridgehead atoms. The highest BCUT2D eigenvalue weighted by Gasteiger charge is 2.33. The van der Waals surface area contributed by atoms with Gasteiger partial charge < -0.3 is 10.1 Å². The van der Waals surface area contributed by atoms with Crippen LogP contribution in [0.1, 0.15) is 11.4 Å². The van der Waals surface area contributed by atoms with Crippen molar-refractivity contribution >= 4 is 11.3 Å². The molecule has 0 spiro atoms. The monoisotopic (exact) mass is 444 g/mol. The van der Waals surface area contributed by atoms with Crippen LogP contribution in [0.2, 0.25) is 0 Å². The van der Waals surface area contributed by atoms with Crippen molar-refractivity contribution in [3.8, 4) is 17.6 Å². The Balaban J connectivity index is 2.01. The number of hydrogen-bond acceptors (Lipinski definition) is 6. The molecule has 0 atom stereocenters. The van der Waals surface area contributed by atoms with Crippen molar-refractivity contribution in [1.29, 1.82) is 5.26 Å². The molecule has 2 aromatic carbocycles. The number of H-pyrrole nitrogens is 1. The first-order valence-electron chi connectivity index (χ1n) is 7.94. The van der Waals surface area contributed by atoms with E-state index >= 15 is 0 Å². The van der Waals surface area contributed by atoms with Crippen molar-refractivity contribution in [2.45, 2.75) is 6.18 Å². The maximum absolute atomic E-state index is 14.3. The number of tetrazole rings is 1. The van der Waals surface area contributed by atoms with Crippen LogP contribution in [-0.4, -0.2) is 20.6 Å². The van der Waals surface area contributed by atoms with Crippen molar-refractivity contribution in [2.24, 2.45) is 0 Å². The molecule has 0 fully saturated rings. The number of allylic oxidation sites excluding steroid dienone is 1. The average Bonchev–Trinajstić information content (AvgIpc) is 3.23. The molecule has 31 heavy (non-hydrogen) atoms. The molecule has 0 radical (unpaired) electrons. The third-order valence-electron chi connectivity index (χ3n) is 3.66. The lowest BCUT2D eigenvalue weighted by Gasteiger charge is -2.15. The van der Waals surface area contributed by atoms with Crippen molar-refractivity contribution in [2.75, 3.05) is 5.32 Å². The molecule has 1 aromatic heterocycles. The number of ether oxygens (including phenoxy) is 1. The van der Waals surface area contributed by atoms with Gasteiger partial charge in [0.05, 0.1) is 11.3 Å². The highest BCUT2D eigenvalue weighted by Crippen LogP contribution is 2.39. The summed E-state index contributed by atoms with van der Waals surface area (Å²) in [5.74, 6) is -9.43. The van der Waals surface area contributed by atoms with E-state index in [0.717, 1.165) is 12.3 Å². The minimum Gasteiger partial charge on any atom is -0.446 e. The molecule has 3 rings (SSSR count). The minimum atomic E-state index is -5.05. The number of halogens is 7. The Morgan fingerprint density at radius 3 is 2.29 bits per heavy atom. The zero-order valence-corrected chi connectivity index (χ0v) is 14.7. The largest absolute Gasteiger partial charge is 0.446 e. The molecule has 14 heteroatoms. The molecular formula is C17H7F7N6O. The Bertz CT molecular complexity index is 1160. The third kappa shape index (κ3) is 4.55. The van der Waals surface area contributed by atoms with E-state index in [1.54, 1.807) is 6.07 Å². The van der Waals surface area contributed by atoms with E-state index < -0.39 is 52.2 Å². The van der Waals surface area contributed by atoms with Crippen LogP contribution in [0.5, 0.6) is 11.5 Å². The fourth-order valence-corrected chi connectivity index (χ4v) is 2.24. The Morgan fingerprint density at radius 1 is 1.06 bits per heavy atom. The summed E-state index contributed by atoms with van der Waals surface area (Å²) >= 11 is 0. The van der Waals surface area contributed by atoms with Gasteiger partial charge in [-0.05, 0) is 29.5 Å². The number of anilines is 1. The van der Waals surface area contributed by atoms with Crippen LogP contribution in [0.25, 0.3) is 5.57 Å². The van der Waals surface area contributed by atoms with Crippen LogP contribution in [0.3, 0.4) is 0 Å². The number of nitrogens with zero attached hydrogens (tertiary/aromatic N) is 4. The van der Waals surface area contributed by atoms with Gasteiger partial charge in [0.15, 0.2) is 29.0 Å². The van der Waals surface area contributed by atoms with Crippen LogP contribution in [0.15, 0.2) is 30.5 Å². The van der Waals surface area contributed by atoms with E-state index in [-0.39, 0.29) is 23.5 Å². The third-order valence-corrected chi connectivity index (χ3v) is 3.66. The first kappa shape index (κ1) is 21.6. The van der Waals surface area contributed by atoms with Gasteiger partial charge in [0, 0.05) is 6.20 Å². The second-order valence-electron chi connectivity index (χ2n) is 5.66. The molecule has 0 unspecified atom stereocenters. The standard InChI is InChI=1S/C17H7F7N6O/c18-9-1-2-12(26-6-7(5-25)16-27-29-30-28-16)15(13(9)21)31-14-10(19)3-8(4-11(14)20)17(22,23)24/h1-4,6,26H,(H,27,28,29,30). The van der Waals surface area contributed by atoms with Gasteiger partial charge in [-0.25, -0.2) is 13.2 Å². The van der Waals surface area contributed by atoms with Gasteiger partial charge in [0.1, 0.15) is 11.6 Å². The Hall–Kier alpha value is -4.15. The number of benzene rings is 2. The van der Waals surface area contributed by atoms with E-state index in [0.29, 0.717) is 6.07 Å². The number of nitriles is 1. The molecule has 7 nitrogen and oxygen atoms in total. The van der Waals surface area contributed by atoms with E-state index in [1.165, 1.54) is 0 Å². The molecule has 0 saturated carbocycles. The molecule has 0 aliphatic carbocycles. The SMILES string of the molecule is N#CC(=CNc1ccc(F)c(F)c1Oc1c(F)cc(C(F)(F)F)cc1F)c1nn[nH]n1. The maximum atomic E-state index is 14.3. The van der Waals surface area contributed by atoms with Crippen molar-refractivity contribution < 1.29 is 35.5 Å². The smallest absolute Gasteiger partial charge is 0.416 e. The number of aromatic amines is 1. The van der Waals surface area contributed by atoms with E-state index in [2.05, 4.69) is 25.9 Å². The van der Waals surface area contributed by atoms with Gasteiger partial charge in [-0.1, -0.05) is 0 Å². The van der Waals surface area contributed by atoms with Crippen LogP contribution in [0, 0.1) is 34.6 Å². The number of nitrogens with one attached hydrogen (secondary N) is 2. The van der Waals surface area contributed by atoms with Crippen LogP contribution < -0.4 is 10.1 Å². The molecule has 1 heterocycles. The first-order valence-corrected chi connectivity index (χ1v) is 7.94. The lowest BCUT2D eigenvalue weighted by atomic mass is 10.2. The highest BCUT2D eigenvalue weighted by atomic mass is 19.4. The van der Waals surface area contributed by atoms with Gasteiger partial charge in [-0.2, -0.15) is 28.0 Å². The molecule has 0 amide bonds. The van der Waals surface area contributed by atoms with Gasteiger partial charge in [-0.3, -0.25) is 0 Å². The van der Waals surface area contributed by atoms with E-state index in [9.17, 15) is 30.7 Å². The van der Waals surface area contributed by atoms with E-state index in [1.807, 2.05) is 0 Å². The van der Waals surface area contributed by atoms with Crippen molar-refractivity contribution in [3.63, 3.8) is 0 Å². The van der Waals surface area contributed by atoms with Crippen LogP contribution in [0.4, 0.5) is 36.4 Å². The van der Waals surface area contributed by atoms with Crippen LogP contribution in [-0.2, 0) is 6.18 Å². The summed E-state index contributed by atoms with van der Waals surface area (Å²) in [7, 11) is 0. The summed E-state index contributed by atoms with van der Waals surface area (Å²) < 4.78 is 98.8. The van der Waals surface area contributed by atoms with Gasteiger partial charge in [0.25, 0.3) is 0 Å². The predicted octanol–water partition coefficient (Wildman–Crippen LogP) is 4.54. The fourth-order valence-electron chi connectivity index (χ4n) is 2.24. The lowest BCUT2D eigenvalue weighted by Crippen LogP contribution is -2.08. The normalized spacial score (nSPS) is 11.9. The molecule has 0 aliphatic rings. The highest BCUT2D eigenvalue weighted by molar-refractivity contribution is 5.75. The quantitative estimate of drug-likeness (QED) is 0.443. The summed E-state index contributed by atoms with van der Waals surface area (Å²) in [6.45, 7) is 0. The van der Waals surface area contributed by atoms with Gasteiger partial charge in [-0.15, -0.1) is 10.2 Å². The summed E-state index contributed by atoms with van der Waals surface area (Å²) in [5, 5.41) is 23.9. The number of rotatable bonds is 5. The van der Waals surface area contributed by atoms with Crippen molar-refractivity contribution in [1.82, 2.24) is 20.6 Å².